The fourth-order valence-corrected chi connectivity index (χ4v) is 3.15. The van der Waals surface area contributed by atoms with E-state index in [0.29, 0.717) is 16.7 Å². The lowest BCUT2D eigenvalue weighted by molar-refractivity contribution is 0.564. The smallest absolute Gasteiger partial charge is 0.265 e. The lowest BCUT2D eigenvalue weighted by Crippen LogP contribution is -2.19. The van der Waals surface area contributed by atoms with Crippen molar-refractivity contribution in [2.24, 2.45) is 0 Å². The molecule has 0 aliphatic carbocycles. The number of likely N-dealkylation sites (N-methyl/N-ethyl adjacent to an activating group) is 1. The molecule has 0 aromatic carbocycles. The van der Waals surface area contributed by atoms with E-state index in [-0.39, 0.29) is 4.90 Å². The number of aromatic nitrogens is 3. The summed E-state index contributed by atoms with van der Waals surface area (Å²) < 4.78 is 29.2. The molecule has 0 fully saturated rings. The van der Waals surface area contributed by atoms with Crippen LogP contribution in [0.5, 0.6) is 0 Å². The zero-order valence-electron chi connectivity index (χ0n) is 11.5. The monoisotopic (exact) mass is 373 g/mol. The van der Waals surface area contributed by atoms with Crippen molar-refractivity contribution in [1.29, 1.82) is 0 Å². The highest BCUT2D eigenvalue weighted by Crippen LogP contribution is 2.23. The van der Waals surface area contributed by atoms with Crippen molar-refractivity contribution in [3.05, 3.63) is 35.3 Å². The van der Waals surface area contributed by atoms with Crippen LogP contribution in [0.25, 0.3) is 0 Å². The molecule has 0 amide bonds. The number of anilines is 1. The third kappa shape index (κ3) is 4.26. The summed E-state index contributed by atoms with van der Waals surface area (Å²) in [5, 5.41) is 7.20. The molecular formula is C12H16BrN5O2S. The van der Waals surface area contributed by atoms with Crippen molar-refractivity contribution in [2.75, 3.05) is 17.8 Å². The van der Waals surface area contributed by atoms with Gasteiger partial charge >= 0.3 is 0 Å². The van der Waals surface area contributed by atoms with Gasteiger partial charge in [0.15, 0.2) is 0 Å². The van der Waals surface area contributed by atoms with Gasteiger partial charge in [-0.2, -0.15) is 5.10 Å². The van der Waals surface area contributed by atoms with Gasteiger partial charge in [0.1, 0.15) is 4.90 Å². The molecule has 2 rings (SSSR count). The van der Waals surface area contributed by atoms with Gasteiger partial charge in [-0.05, 0) is 28.5 Å². The number of hydrogen-bond acceptors (Lipinski definition) is 5. The summed E-state index contributed by atoms with van der Waals surface area (Å²) in [7, 11) is -3.66. The number of halogens is 1. The molecule has 0 saturated heterocycles. The molecule has 0 aliphatic rings. The van der Waals surface area contributed by atoms with Crippen LogP contribution in [0.2, 0.25) is 0 Å². The fraction of sp³-hybridized carbons (Fsp3) is 0.333. The van der Waals surface area contributed by atoms with Crippen LogP contribution < -0.4 is 10.0 Å². The first kappa shape index (κ1) is 15.9. The summed E-state index contributed by atoms with van der Waals surface area (Å²) in [6, 6.07) is 1.58. The Kier molecular flexibility index (Phi) is 5.32. The van der Waals surface area contributed by atoms with Gasteiger partial charge in [-0.25, -0.2) is 8.42 Å². The van der Waals surface area contributed by atoms with Crippen molar-refractivity contribution >= 4 is 31.6 Å². The molecule has 0 aliphatic heterocycles. The predicted molar refractivity (Wildman–Crippen MR) is 83.5 cm³/mol. The number of rotatable bonds is 7. The van der Waals surface area contributed by atoms with E-state index in [1.165, 1.54) is 24.8 Å². The van der Waals surface area contributed by atoms with Crippen molar-refractivity contribution in [3.8, 4) is 0 Å². The molecule has 2 aromatic rings. The Morgan fingerprint density at radius 2 is 2.19 bits per heavy atom. The maximum absolute atomic E-state index is 12.3. The molecular weight excluding hydrogens is 358 g/mol. The van der Waals surface area contributed by atoms with Gasteiger partial charge in [0, 0.05) is 25.1 Å². The van der Waals surface area contributed by atoms with Crippen molar-refractivity contribution in [1.82, 2.24) is 20.1 Å². The van der Waals surface area contributed by atoms with Crippen LogP contribution >= 0.6 is 15.9 Å². The molecule has 0 bridgehead atoms. The number of nitrogens with zero attached hydrogens (tertiary/aromatic N) is 3. The zero-order valence-corrected chi connectivity index (χ0v) is 13.9. The largest absolute Gasteiger partial charge is 0.315 e. The fourth-order valence-electron chi connectivity index (χ4n) is 1.64. The predicted octanol–water partition coefficient (Wildman–Crippen LogP) is 1.45. The van der Waals surface area contributed by atoms with E-state index < -0.39 is 10.0 Å². The summed E-state index contributed by atoms with van der Waals surface area (Å²) in [5.74, 6) is 0. The summed E-state index contributed by atoms with van der Waals surface area (Å²) in [6.07, 6.45) is 5.89. The van der Waals surface area contributed by atoms with E-state index in [2.05, 4.69) is 36.1 Å². The lowest BCUT2D eigenvalue weighted by atomic mass is 10.4. The van der Waals surface area contributed by atoms with Crippen LogP contribution in [0.3, 0.4) is 0 Å². The molecule has 0 radical (unpaired) electrons. The number of hydrogen-bond donors (Lipinski definition) is 2. The number of sulfonamides is 1. The van der Waals surface area contributed by atoms with Crippen LogP contribution in [0.15, 0.2) is 40.2 Å². The van der Waals surface area contributed by atoms with E-state index in [0.717, 1.165) is 13.1 Å². The van der Waals surface area contributed by atoms with Crippen LogP contribution in [-0.2, 0) is 16.6 Å². The minimum atomic E-state index is -3.66. The molecule has 21 heavy (non-hydrogen) atoms. The standard InChI is InChI=1S/C12H16BrN5O2S/c1-2-14-5-6-18-9-10(7-16-18)21(19,20)17-12-3-4-15-8-11(12)13/h3-4,7-9,14H,2,5-6H2,1H3,(H,15,17). The molecule has 0 unspecified atom stereocenters. The molecule has 2 heterocycles. The van der Waals surface area contributed by atoms with Gasteiger partial charge in [0.25, 0.3) is 10.0 Å². The maximum Gasteiger partial charge on any atom is 0.265 e. The molecule has 7 nitrogen and oxygen atoms in total. The Labute approximate surface area is 132 Å². The minimum Gasteiger partial charge on any atom is -0.315 e. The topological polar surface area (TPSA) is 88.9 Å². The molecule has 9 heteroatoms. The van der Waals surface area contributed by atoms with Crippen molar-refractivity contribution in [3.63, 3.8) is 0 Å². The van der Waals surface area contributed by atoms with Gasteiger partial charge in [-0.1, -0.05) is 6.92 Å². The Morgan fingerprint density at radius 1 is 1.38 bits per heavy atom. The SMILES string of the molecule is CCNCCn1cc(S(=O)(=O)Nc2ccncc2Br)cn1. The normalized spacial score (nSPS) is 11.5. The summed E-state index contributed by atoms with van der Waals surface area (Å²) >= 11 is 3.25. The molecule has 2 N–H and O–H groups in total. The van der Waals surface area contributed by atoms with Crippen molar-refractivity contribution < 1.29 is 8.42 Å². The second-order valence-corrected chi connectivity index (χ2v) is 6.79. The van der Waals surface area contributed by atoms with Crippen LogP contribution in [0, 0.1) is 0 Å². The second kappa shape index (κ2) is 7.01. The minimum absolute atomic E-state index is 0.128. The summed E-state index contributed by atoms with van der Waals surface area (Å²) in [5.41, 5.74) is 0.436. The highest BCUT2D eigenvalue weighted by molar-refractivity contribution is 9.10. The Hall–Kier alpha value is -1.45. The van der Waals surface area contributed by atoms with E-state index in [1.807, 2.05) is 6.92 Å². The molecule has 2 aromatic heterocycles. The van der Waals surface area contributed by atoms with Crippen LogP contribution in [0.4, 0.5) is 5.69 Å². The Morgan fingerprint density at radius 3 is 2.90 bits per heavy atom. The average molecular weight is 374 g/mol. The number of nitrogens with one attached hydrogen (secondary N) is 2. The van der Waals surface area contributed by atoms with E-state index in [1.54, 1.807) is 10.7 Å². The maximum atomic E-state index is 12.3. The Bertz CT molecular complexity index is 701. The van der Waals surface area contributed by atoms with Crippen LogP contribution in [0.1, 0.15) is 6.92 Å². The first-order valence-electron chi connectivity index (χ1n) is 6.38. The third-order valence-electron chi connectivity index (χ3n) is 2.70. The van der Waals surface area contributed by atoms with Gasteiger partial charge in [-0.15, -0.1) is 0 Å². The molecule has 0 atom stereocenters. The molecule has 114 valence electrons. The zero-order chi connectivity index (χ0) is 15.3. The average Bonchev–Trinajstić information content (AvgIpc) is 2.91. The lowest BCUT2D eigenvalue weighted by Gasteiger charge is -2.07. The van der Waals surface area contributed by atoms with Crippen molar-refractivity contribution in [2.45, 2.75) is 18.4 Å². The highest BCUT2D eigenvalue weighted by atomic mass is 79.9. The Balaban J connectivity index is 2.11. The quantitative estimate of drug-likeness (QED) is 0.717. The van der Waals surface area contributed by atoms with E-state index in [4.69, 9.17) is 0 Å². The van der Waals surface area contributed by atoms with Crippen LogP contribution in [-0.4, -0.2) is 36.3 Å². The van der Waals surface area contributed by atoms with Gasteiger partial charge in [-0.3, -0.25) is 14.4 Å². The molecule has 0 saturated carbocycles. The summed E-state index contributed by atoms with van der Waals surface area (Å²) in [4.78, 5) is 4.02. The highest BCUT2D eigenvalue weighted by Gasteiger charge is 2.17. The summed E-state index contributed by atoms with van der Waals surface area (Å²) in [6.45, 7) is 4.23. The number of pyridine rings is 1. The van der Waals surface area contributed by atoms with E-state index in [9.17, 15) is 8.42 Å². The third-order valence-corrected chi connectivity index (χ3v) is 4.66. The van der Waals surface area contributed by atoms with Gasteiger partial charge in [0.2, 0.25) is 0 Å². The van der Waals surface area contributed by atoms with Gasteiger partial charge < -0.3 is 5.32 Å². The van der Waals surface area contributed by atoms with Gasteiger partial charge in [0.05, 0.1) is 22.9 Å². The van der Waals surface area contributed by atoms with E-state index >= 15 is 0 Å². The first-order valence-corrected chi connectivity index (χ1v) is 8.66. The first-order chi connectivity index (χ1) is 10.0. The second-order valence-electron chi connectivity index (χ2n) is 4.25. The molecule has 0 spiro atoms.